The maximum atomic E-state index is 12.8. The van der Waals surface area contributed by atoms with Crippen molar-refractivity contribution >= 4 is 5.97 Å². The van der Waals surface area contributed by atoms with Gasteiger partial charge in [0.25, 0.3) is 6.43 Å². The zero-order valence-corrected chi connectivity index (χ0v) is 9.61. The molecule has 5 nitrogen and oxygen atoms in total. The molecule has 0 fully saturated rings. The molecule has 1 aromatic rings. The largest absolute Gasteiger partial charge is 0.469 e. The average molecular weight is 255 g/mol. The fourth-order valence-electron chi connectivity index (χ4n) is 1.51. The molecule has 7 heteroatoms. The van der Waals surface area contributed by atoms with E-state index in [9.17, 15) is 13.6 Å². The Morgan fingerprint density at radius 2 is 2.33 bits per heavy atom. The first-order chi connectivity index (χ1) is 8.53. The van der Waals surface area contributed by atoms with Gasteiger partial charge in [0.15, 0.2) is 0 Å². The lowest BCUT2D eigenvalue weighted by molar-refractivity contribution is -0.139. The Labute approximate surface area is 102 Å². The summed E-state index contributed by atoms with van der Waals surface area (Å²) in [4.78, 5) is 14.7. The van der Waals surface area contributed by atoms with Crippen molar-refractivity contribution in [2.75, 3.05) is 7.11 Å². The summed E-state index contributed by atoms with van der Waals surface area (Å²) in [5.74, 6) is -0.597. The van der Waals surface area contributed by atoms with E-state index in [2.05, 4.69) is 9.72 Å². The molecule has 0 bridgehead atoms. The second-order valence-electron chi connectivity index (χ2n) is 3.40. The molecule has 0 amide bonds. The van der Waals surface area contributed by atoms with Crippen LogP contribution in [0.15, 0.2) is 6.07 Å². The third kappa shape index (κ3) is 2.99. The summed E-state index contributed by atoms with van der Waals surface area (Å²) in [5.41, 5.74) is 4.97. The number of nitrogens with two attached hydrogens (primary N) is 1. The van der Waals surface area contributed by atoms with Gasteiger partial charge >= 0.3 is 5.97 Å². The van der Waals surface area contributed by atoms with E-state index < -0.39 is 18.1 Å². The summed E-state index contributed by atoms with van der Waals surface area (Å²) in [5, 5.41) is 8.72. The Hall–Kier alpha value is -2.07. The minimum Gasteiger partial charge on any atom is -0.469 e. The van der Waals surface area contributed by atoms with Crippen LogP contribution in [0.4, 0.5) is 8.78 Å². The van der Waals surface area contributed by atoms with Crippen LogP contribution in [0.1, 0.15) is 28.9 Å². The number of carbonyl (C=O) groups is 1. The SMILES string of the molecule is COC(=O)Cc1cc(C#N)nc(C(F)F)c1CN. The zero-order chi connectivity index (χ0) is 13.7. The van der Waals surface area contributed by atoms with Gasteiger partial charge in [-0.2, -0.15) is 5.26 Å². The van der Waals surface area contributed by atoms with E-state index in [1.54, 1.807) is 6.07 Å². The molecule has 0 aliphatic carbocycles. The summed E-state index contributed by atoms with van der Waals surface area (Å²) >= 11 is 0. The normalized spacial score (nSPS) is 10.2. The van der Waals surface area contributed by atoms with Crippen LogP contribution < -0.4 is 5.73 Å². The molecule has 0 radical (unpaired) electrons. The van der Waals surface area contributed by atoms with E-state index in [1.807, 2.05) is 0 Å². The average Bonchev–Trinajstić information content (AvgIpc) is 2.37. The van der Waals surface area contributed by atoms with Crippen LogP contribution in [-0.2, 0) is 22.5 Å². The van der Waals surface area contributed by atoms with Gasteiger partial charge in [0.2, 0.25) is 0 Å². The fourth-order valence-corrected chi connectivity index (χ4v) is 1.51. The standard InChI is InChI=1S/C11H11F2N3O2/c1-18-9(17)3-6-2-7(4-14)16-10(11(12)13)8(6)5-15/h2,11H,3,5,15H2,1H3. The van der Waals surface area contributed by atoms with Gasteiger partial charge in [-0.1, -0.05) is 0 Å². The molecule has 0 atom stereocenters. The number of rotatable bonds is 4. The van der Waals surface area contributed by atoms with E-state index in [4.69, 9.17) is 11.0 Å². The van der Waals surface area contributed by atoms with Crippen molar-refractivity contribution in [3.63, 3.8) is 0 Å². The number of pyridine rings is 1. The van der Waals surface area contributed by atoms with E-state index in [0.717, 1.165) is 0 Å². The van der Waals surface area contributed by atoms with Crippen LogP contribution in [0, 0.1) is 11.3 Å². The number of alkyl halides is 2. The van der Waals surface area contributed by atoms with Crippen molar-refractivity contribution in [3.05, 3.63) is 28.6 Å². The number of nitrogens with zero attached hydrogens (tertiary/aromatic N) is 2. The number of methoxy groups -OCH3 is 1. The molecule has 2 N–H and O–H groups in total. The van der Waals surface area contributed by atoms with Crippen molar-refractivity contribution in [1.29, 1.82) is 5.26 Å². The van der Waals surface area contributed by atoms with E-state index in [0.29, 0.717) is 0 Å². The Bertz CT molecular complexity index is 498. The van der Waals surface area contributed by atoms with Gasteiger partial charge in [0.1, 0.15) is 17.5 Å². The van der Waals surface area contributed by atoms with Crippen LogP contribution in [0.3, 0.4) is 0 Å². The Morgan fingerprint density at radius 1 is 1.67 bits per heavy atom. The Morgan fingerprint density at radius 3 is 2.78 bits per heavy atom. The van der Waals surface area contributed by atoms with Crippen molar-refractivity contribution in [2.45, 2.75) is 19.4 Å². The van der Waals surface area contributed by atoms with Gasteiger partial charge in [-0.15, -0.1) is 0 Å². The van der Waals surface area contributed by atoms with Gasteiger partial charge in [-0.3, -0.25) is 4.79 Å². The highest BCUT2D eigenvalue weighted by molar-refractivity contribution is 5.73. The molecule has 0 unspecified atom stereocenters. The third-order valence-corrected chi connectivity index (χ3v) is 2.34. The number of aromatic nitrogens is 1. The van der Waals surface area contributed by atoms with Crippen LogP contribution in [-0.4, -0.2) is 18.1 Å². The van der Waals surface area contributed by atoms with Gasteiger partial charge in [-0.05, 0) is 17.2 Å². The van der Waals surface area contributed by atoms with Crippen molar-refractivity contribution in [3.8, 4) is 6.07 Å². The first-order valence-corrected chi connectivity index (χ1v) is 5.01. The zero-order valence-electron chi connectivity index (χ0n) is 9.61. The van der Waals surface area contributed by atoms with Crippen molar-refractivity contribution in [2.24, 2.45) is 5.73 Å². The minimum absolute atomic E-state index is 0.0781. The summed E-state index contributed by atoms with van der Waals surface area (Å²) in [7, 11) is 1.19. The predicted molar refractivity (Wildman–Crippen MR) is 57.5 cm³/mol. The maximum absolute atomic E-state index is 12.8. The molecule has 0 saturated heterocycles. The second-order valence-corrected chi connectivity index (χ2v) is 3.40. The molecule has 18 heavy (non-hydrogen) atoms. The molecule has 1 rings (SSSR count). The number of ether oxygens (including phenoxy) is 1. The fraction of sp³-hybridized carbons (Fsp3) is 0.364. The Balaban J connectivity index is 3.34. The molecule has 1 heterocycles. The molecule has 1 aromatic heterocycles. The number of halogens is 2. The number of esters is 1. The number of hydrogen-bond donors (Lipinski definition) is 1. The van der Waals surface area contributed by atoms with Crippen LogP contribution >= 0.6 is 0 Å². The second kappa shape index (κ2) is 6.02. The van der Waals surface area contributed by atoms with Gasteiger partial charge in [0.05, 0.1) is 13.5 Å². The first kappa shape index (κ1) is 14.0. The smallest absolute Gasteiger partial charge is 0.309 e. The van der Waals surface area contributed by atoms with Gasteiger partial charge in [0, 0.05) is 6.54 Å². The third-order valence-electron chi connectivity index (χ3n) is 2.34. The lowest BCUT2D eigenvalue weighted by atomic mass is 10.0. The van der Waals surface area contributed by atoms with Crippen LogP contribution in [0.5, 0.6) is 0 Å². The van der Waals surface area contributed by atoms with Gasteiger partial charge in [-0.25, -0.2) is 13.8 Å². The van der Waals surface area contributed by atoms with Gasteiger partial charge < -0.3 is 10.5 Å². The van der Waals surface area contributed by atoms with E-state index >= 15 is 0 Å². The summed E-state index contributed by atoms with van der Waals surface area (Å²) < 4.78 is 30.0. The summed E-state index contributed by atoms with van der Waals surface area (Å²) in [6, 6.07) is 2.94. The highest BCUT2D eigenvalue weighted by atomic mass is 19.3. The highest BCUT2D eigenvalue weighted by Crippen LogP contribution is 2.24. The van der Waals surface area contributed by atoms with E-state index in [1.165, 1.54) is 13.2 Å². The number of nitriles is 1. The summed E-state index contributed by atoms with van der Waals surface area (Å²) in [6.45, 7) is -0.190. The quantitative estimate of drug-likeness (QED) is 0.813. The van der Waals surface area contributed by atoms with Crippen molar-refractivity contribution in [1.82, 2.24) is 4.98 Å². The first-order valence-electron chi connectivity index (χ1n) is 5.01. The number of carbonyl (C=O) groups excluding carboxylic acids is 1. The molecule has 0 aliphatic heterocycles. The summed E-state index contributed by atoms with van der Waals surface area (Å²) in [6.07, 6.45) is -3.08. The maximum Gasteiger partial charge on any atom is 0.309 e. The number of hydrogen-bond acceptors (Lipinski definition) is 5. The molecular formula is C11H11F2N3O2. The molecule has 0 aromatic carbocycles. The molecule has 0 saturated carbocycles. The lowest BCUT2D eigenvalue weighted by Crippen LogP contribution is -2.14. The van der Waals surface area contributed by atoms with Crippen LogP contribution in [0.2, 0.25) is 0 Å². The molecular weight excluding hydrogens is 244 g/mol. The highest BCUT2D eigenvalue weighted by Gasteiger charge is 2.20. The minimum atomic E-state index is -2.85. The molecule has 0 aliphatic rings. The molecule has 0 spiro atoms. The Kier molecular flexibility index (Phi) is 4.68. The monoisotopic (exact) mass is 255 g/mol. The predicted octanol–water partition coefficient (Wildman–Crippen LogP) is 1.07. The van der Waals surface area contributed by atoms with Crippen molar-refractivity contribution < 1.29 is 18.3 Å². The van der Waals surface area contributed by atoms with E-state index in [-0.39, 0.29) is 29.8 Å². The van der Waals surface area contributed by atoms with Crippen LogP contribution in [0.25, 0.3) is 0 Å². The lowest BCUT2D eigenvalue weighted by Gasteiger charge is -2.12. The topological polar surface area (TPSA) is 89.0 Å². The molecule has 96 valence electrons.